The third kappa shape index (κ3) is 36.7. The summed E-state index contributed by atoms with van der Waals surface area (Å²) in [6.45, 7) is 4.45. The Labute approximate surface area is 343 Å². The number of hydrogen-bond acceptors (Lipinski definition) is 6. The molecule has 8 nitrogen and oxygen atoms in total. The Kier molecular flexibility index (Phi) is 36.8. The lowest BCUT2D eigenvalue weighted by Gasteiger charge is -2.31. The second kappa shape index (κ2) is 38.9. The van der Waals surface area contributed by atoms with Crippen LogP contribution < -0.4 is 0 Å². The third-order valence-electron chi connectivity index (χ3n) is 9.66. The van der Waals surface area contributed by atoms with Gasteiger partial charge < -0.3 is 23.8 Å². The van der Waals surface area contributed by atoms with Crippen LogP contribution in [0.4, 0.5) is 0 Å². The highest BCUT2D eigenvalue weighted by molar-refractivity contribution is 5.72. The number of carboxylic acid groups (broad SMARTS) is 1. The van der Waals surface area contributed by atoms with Crippen molar-refractivity contribution in [2.75, 3.05) is 41.0 Å². The van der Waals surface area contributed by atoms with Crippen LogP contribution in [-0.4, -0.2) is 80.6 Å². The van der Waals surface area contributed by atoms with Gasteiger partial charge in [0.25, 0.3) is 0 Å². The molecule has 0 rings (SSSR count). The van der Waals surface area contributed by atoms with Gasteiger partial charge >= 0.3 is 17.9 Å². The summed E-state index contributed by atoms with van der Waals surface area (Å²) in [4.78, 5) is 36.9. The van der Waals surface area contributed by atoms with Crippen LogP contribution in [-0.2, 0) is 28.6 Å². The average molecular weight is 787 g/mol. The number of esters is 2. The zero-order valence-electron chi connectivity index (χ0n) is 36.6. The number of ether oxygens (including phenoxy) is 3. The van der Waals surface area contributed by atoms with Gasteiger partial charge in [-0.25, -0.2) is 4.79 Å². The highest BCUT2D eigenvalue weighted by atomic mass is 16.6. The molecule has 8 heteroatoms. The first-order valence-corrected chi connectivity index (χ1v) is 22.3. The molecule has 0 aromatic rings. The van der Waals surface area contributed by atoms with E-state index in [4.69, 9.17) is 14.2 Å². The molecule has 0 bridgehead atoms. The minimum Gasteiger partial charge on any atom is -0.477 e. The molecule has 0 aromatic carbocycles. The van der Waals surface area contributed by atoms with Crippen LogP contribution in [0.3, 0.4) is 0 Å². The van der Waals surface area contributed by atoms with Gasteiger partial charge in [-0.3, -0.25) is 9.59 Å². The van der Waals surface area contributed by atoms with Crippen molar-refractivity contribution in [3.05, 3.63) is 60.8 Å². The monoisotopic (exact) mass is 787 g/mol. The van der Waals surface area contributed by atoms with Crippen molar-refractivity contribution in [1.82, 2.24) is 0 Å². The summed E-state index contributed by atoms with van der Waals surface area (Å²) in [6, 6.07) is -0.624. The SMILES string of the molecule is CC/C=C/C/C=C/C/C=C/CCCC(=O)OC(COCCC(C(=O)O)[N+](C)(C)C)COC(=O)CCCCCCCCCCCCCCCC/C=C/C/C=C/CC. The van der Waals surface area contributed by atoms with Crippen molar-refractivity contribution in [3.63, 3.8) is 0 Å². The summed E-state index contributed by atoms with van der Waals surface area (Å²) in [7, 11) is 5.50. The second-order valence-electron chi connectivity index (χ2n) is 15.9. The predicted molar refractivity (Wildman–Crippen MR) is 234 cm³/mol. The zero-order chi connectivity index (χ0) is 41.4. The molecule has 0 spiro atoms. The number of likely N-dealkylation sites (N-methyl/N-ethyl adjacent to an activating group) is 1. The van der Waals surface area contributed by atoms with Gasteiger partial charge in [-0.15, -0.1) is 0 Å². The molecule has 0 aliphatic rings. The van der Waals surface area contributed by atoms with Crippen molar-refractivity contribution in [1.29, 1.82) is 0 Å². The van der Waals surface area contributed by atoms with Crippen molar-refractivity contribution in [2.45, 2.75) is 187 Å². The van der Waals surface area contributed by atoms with E-state index in [1.807, 2.05) is 21.1 Å². The maximum Gasteiger partial charge on any atom is 0.362 e. The fourth-order valence-electron chi connectivity index (χ4n) is 6.27. The van der Waals surface area contributed by atoms with Crippen LogP contribution in [0, 0.1) is 0 Å². The number of carbonyl (C=O) groups is 3. The van der Waals surface area contributed by atoms with E-state index in [0.717, 1.165) is 57.8 Å². The fraction of sp³-hybridized carbons (Fsp3) is 0.729. The van der Waals surface area contributed by atoms with E-state index >= 15 is 0 Å². The summed E-state index contributed by atoms with van der Waals surface area (Å²) in [5.41, 5.74) is 0. The van der Waals surface area contributed by atoms with E-state index in [1.165, 1.54) is 77.0 Å². The van der Waals surface area contributed by atoms with Gasteiger partial charge in [-0.2, -0.15) is 0 Å². The lowest BCUT2D eigenvalue weighted by molar-refractivity contribution is -0.887. The van der Waals surface area contributed by atoms with Crippen molar-refractivity contribution < 1.29 is 38.2 Å². The number of quaternary nitrogens is 1. The van der Waals surface area contributed by atoms with Gasteiger partial charge in [0.2, 0.25) is 0 Å². The Morgan fingerprint density at radius 3 is 1.45 bits per heavy atom. The standard InChI is InChI=1S/C48H83NO7/c1-6-8-10-12-14-16-18-19-20-21-22-23-24-25-26-27-29-30-32-34-36-38-46(50)55-43-44(42-54-41-40-45(48(52)53)49(3,4)5)56-47(51)39-37-35-33-31-28-17-15-13-11-9-7-2/h8-11,14-17,31,33,44-45H,6-7,12-13,18-30,32,34-43H2,1-5H3/p+1/b10-8+,11-9+,16-14+,17-15+,33-31+. The fourth-order valence-corrected chi connectivity index (χ4v) is 6.27. The van der Waals surface area contributed by atoms with Gasteiger partial charge in [0, 0.05) is 19.3 Å². The van der Waals surface area contributed by atoms with Gasteiger partial charge in [0.15, 0.2) is 12.1 Å². The predicted octanol–water partition coefficient (Wildman–Crippen LogP) is 12.2. The minimum atomic E-state index is -0.884. The molecule has 0 radical (unpaired) electrons. The average Bonchev–Trinajstić information content (AvgIpc) is 3.15. The smallest absolute Gasteiger partial charge is 0.362 e. The van der Waals surface area contributed by atoms with E-state index < -0.39 is 18.1 Å². The maximum absolute atomic E-state index is 12.7. The largest absolute Gasteiger partial charge is 0.477 e. The normalized spacial score (nSPS) is 13.5. The quantitative estimate of drug-likeness (QED) is 0.0287. The molecule has 2 atom stereocenters. The van der Waals surface area contributed by atoms with Crippen LogP contribution in [0.25, 0.3) is 0 Å². The Balaban J connectivity index is 4.25. The van der Waals surface area contributed by atoms with Crippen molar-refractivity contribution in [3.8, 4) is 0 Å². The van der Waals surface area contributed by atoms with E-state index in [9.17, 15) is 19.5 Å². The van der Waals surface area contributed by atoms with Gasteiger partial charge in [0.1, 0.15) is 6.61 Å². The molecule has 0 fully saturated rings. The molecular weight excluding hydrogens is 703 g/mol. The first-order chi connectivity index (χ1) is 27.1. The first-order valence-electron chi connectivity index (χ1n) is 22.3. The molecule has 56 heavy (non-hydrogen) atoms. The number of rotatable bonds is 39. The number of nitrogens with zero attached hydrogens (tertiary/aromatic N) is 1. The van der Waals surface area contributed by atoms with Crippen LogP contribution in [0.15, 0.2) is 60.8 Å². The summed E-state index contributed by atoms with van der Waals surface area (Å²) in [5, 5.41) is 9.61. The molecule has 0 amide bonds. The summed E-state index contributed by atoms with van der Waals surface area (Å²) < 4.78 is 17.2. The Morgan fingerprint density at radius 1 is 0.536 bits per heavy atom. The molecule has 322 valence electrons. The molecular formula is C48H84NO7+. The molecule has 2 unspecified atom stereocenters. The highest BCUT2D eigenvalue weighted by Crippen LogP contribution is 2.15. The van der Waals surface area contributed by atoms with Crippen molar-refractivity contribution >= 4 is 17.9 Å². The summed E-state index contributed by atoms with van der Waals surface area (Å²) in [5.74, 6) is -1.54. The molecule has 0 aromatic heterocycles. The van der Waals surface area contributed by atoms with E-state index in [1.54, 1.807) is 0 Å². The van der Waals surface area contributed by atoms with E-state index in [2.05, 4.69) is 74.6 Å². The summed E-state index contributed by atoms with van der Waals surface area (Å²) >= 11 is 0. The zero-order valence-corrected chi connectivity index (χ0v) is 36.6. The van der Waals surface area contributed by atoms with Crippen LogP contribution in [0.5, 0.6) is 0 Å². The Hall–Kier alpha value is -2.97. The van der Waals surface area contributed by atoms with Gasteiger partial charge in [-0.05, 0) is 64.2 Å². The number of hydrogen-bond donors (Lipinski definition) is 1. The molecule has 0 aliphatic carbocycles. The van der Waals surface area contributed by atoms with Crippen LogP contribution in [0.2, 0.25) is 0 Å². The maximum atomic E-state index is 12.7. The number of unbranched alkanes of at least 4 members (excludes halogenated alkanes) is 15. The molecule has 0 heterocycles. The van der Waals surface area contributed by atoms with Crippen molar-refractivity contribution in [2.24, 2.45) is 0 Å². The Bertz CT molecular complexity index is 1100. The highest BCUT2D eigenvalue weighted by Gasteiger charge is 2.31. The molecule has 1 N–H and O–H groups in total. The molecule has 0 saturated carbocycles. The lowest BCUT2D eigenvalue weighted by Crippen LogP contribution is -2.50. The third-order valence-corrected chi connectivity index (χ3v) is 9.66. The topological polar surface area (TPSA) is 99.1 Å². The number of allylic oxidation sites excluding steroid dienone is 10. The minimum absolute atomic E-state index is 0.0397. The van der Waals surface area contributed by atoms with Gasteiger partial charge in [0.05, 0.1) is 34.4 Å². The molecule has 0 aliphatic heterocycles. The van der Waals surface area contributed by atoms with E-state index in [-0.39, 0.29) is 42.7 Å². The van der Waals surface area contributed by atoms with Gasteiger partial charge in [-0.1, -0.05) is 152 Å². The van der Waals surface area contributed by atoms with Crippen LogP contribution >= 0.6 is 0 Å². The lowest BCUT2D eigenvalue weighted by atomic mass is 10.0. The Morgan fingerprint density at radius 2 is 0.964 bits per heavy atom. The summed E-state index contributed by atoms with van der Waals surface area (Å²) in [6.07, 6.45) is 47.2. The number of carboxylic acids is 1. The number of aliphatic carboxylic acids is 1. The number of carbonyl (C=O) groups excluding carboxylic acids is 2. The van der Waals surface area contributed by atoms with Crippen LogP contribution in [0.1, 0.15) is 174 Å². The molecule has 0 saturated heterocycles. The second-order valence-corrected chi connectivity index (χ2v) is 15.9. The first kappa shape index (κ1) is 53.0. The van der Waals surface area contributed by atoms with E-state index in [0.29, 0.717) is 19.3 Å².